The van der Waals surface area contributed by atoms with Crippen molar-refractivity contribution in [1.82, 2.24) is 14.9 Å². The molecular weight excluding hydrogens is 601 g/mol. The van der Waals surface area contributed by atoms with E-state index >= 15 is 0 Å². The van der Waals surface area contributed by atoms with Crippen LogP contribution in [0.2, 0.25) is 0 Å². The van der Waals surface area contributed by atoms with E-state index in [-0.39, 0.29) is 0 Å². The van der Waals surface area contributed by atoms with Crippen LogP contribution < -0.4 is 24.8 Å². The average Bonchev–Trinajstić information content (AvgIpc) is 3.89. The summed E-state index contributed by atoms with van der Waals surface area (Å²) in [6, 6.07) is 14.4. The summed E-state index contributed by atoms with van der Waals surface area (Å²) in [4.78, 5) is 37.5. The van der Waals surface area contributed by atoms with Gasteiger partial charge in [-0.1, -0.05) is 6.08 Å². The first-order chi connectivity index (χ1) is 22.8. The van der Waals surface area contributed by atoms with Gasteiger partial charge >= 0.3 is 0 Å². The second-order valence-corrected chi connectivity index (χ2v) is 12.2. The molecule has 0 atom stereocenters. The lowest BCUT2D eigenvalue weighted by atomic mass is 9.98. The third-order valence-corrected chi connectivity index (χ3v) is 8.81. The number of nitrogens with zero attached hydrogens (tertiary/aromatic N) is 3. The highest BCUT2D eigenvalue weighted by Gasteiger charge is 2.56. The van der Waals surface area contributed by atoms with Crippen LogP contribution in [0, 0.1) is 17.2 Å². The molecule has 0 bridgehead atoms. The molecular formula is C36H38FN5O5. The van der Waals surface area contributed by atoms with E-state index in [1.807, 2.05) is 12.1 Å². The molecule has 11 heteroatoms. The summed E-state index contributed by atoms with van der Waals surface area (Å²) in [7, 11) is 3.74. The molecule has 1 aliphatic heterocycles. The summed E-state index contributed by atoms with van der Waals surface area (Å²) >= 11 is 0. The van der Waals surface area contributed by atoms with Crippen molar-refractivity contribution in [2.24, 2.45) is 11.3 Å². The van der Waals surface area contributed by atoms with Gasteiger partial charge in [-0.05, 0) is 107 Å². The van der Waals surface area contributed by atoms with E-state index in [0.29, 0.717) is 77.2 Å². The number of rotatable bonds is 12. The van der Waals surface area contributed by atoms with Crippen molar-refractivity contribution in [1.29, 1.82) is 0 Å². The summed E-state index contributed by atoms with van der Waals surface area (Å²) < 4.78 is 31.5. The van der Waals surface area contributed by atoms with Crippen LogP contribution in [0.25, 0.3) is 10.9 Å². The number of methoxy groups -OCH3 is 1. The first kappa shape index (κ1) is 31.9. The van der Waals surface area contributed by atoms with Crippen LogP contribution in [0.15, 0.2) is 73.6 Å². The van der Waals surface area contributed by atoms with Crippen molar-refractivity contribution in [3.05, 3.63) is 85.0 Å². The predicted molar refractivity (Wildman–Crippen MR) is 178 cm³/mol. The van der Waals surface area contributed by atoms with Gasteiger partial charge in [0, 0.05) is 23.0 Å². The number of hydrogen-bond acceptors (Lipinski definition) is 8. The second kappa shape index (κ2) is 13.8. The predicted octanol–water partition coefficient (Wildman–Crippen LogP) is 6.38. The molecule has 2 amide bonds. The summed E-state index contributed by atoms with van der Waals surface area (Å²) in [5.41, 5.74) is 1.17. The summed E-state index contributed by atoms with van der Waals surface area (Å²) in [6.45, 7) is 6.61. The van der Waals surface area contributed by atoms with Gasteiger partial charge in [0.05, 0.1) is 24.6 Å². The van der Waals surface area contributed by atoms with Crippen LogP contribution in [0.5, 0.6) is 23.1 Å². The zero-order valence-electron chi connectivity index (χ0n) is 26.6. The highest BCUT2D eigenvalue weighted by Crippen LogP contribution is 2.48. The number of carbonyl (C=O) groups is 2. The first-order valence-corrected chi connectivity index (χ1v) is 15.7. The molecule has 0 spiro atoms. The van der Waals surface area contributed by atoms with Crippen molar-refractivity contribution in [2.75, 3.05) is 44.5 Å². The number of ether oxygens (including phenoxy) is 3. The molecule has 10 nitrogen and oxygen atoms in total. The highest BCUT2D eigenvalue weighted by atomic mass is 19.1. The van der Waals surface area contributed by atoms with Gasteiger partial charge in [0.2, 0.25) is 17.7 Å². The van der Waals surface area contributed by atoms with E-state index in [1.165, 1.54) is 30.6 Å². The van der Waals surface area contributed by atoms with E-state index in [1.54, 1.807) is 31.4 Å². The maximum atomic E-state index is 13.3. The van der Waals surface area contributed by atoms with E-state index in [4.69, 9.17) is 14.2 Å². The Labute approximate surface area is 272 Å². The van der Waals surface area contributed by atoms with Gasteiger partial charge < -0.3 is 29.7 Å². The number of benzene rings is 3. The molecule has 47 heavy (non-hydrogen) atoms. The number of anilines is 2. The minimum Gasteiger partial charge on any atom is -0.493 e. The SMILES string of the molecule is C=CCc1cc(NC(=O)C2(C(=O)Nc3ccc(F)cc3)CC2)ccc1Oc1ncnc2cc(OCC3CCN(C)CC3)c(OC)cc12. The Morgan fingerprint density at radius 1 is 0.979 bits per heavy atom. The number of aromatic nitrogens is 2. The van der Waals surface area contributed by atoms with Crippen LogP contribution in [-0.4, -0.2) is 60.5 Å². The van der Waals surface area contributed by atoms with Gasteiger partial charge in [0.15, 0.2) is 11.5 Å². The van der Waals surface area contributed by atoms with E-state index in [9.17, 15) is 14.0 Å². The number of piperidine rings is 1. The van der Waals surface area contributed by atoms with Crippen LogP contribution in [-0.2, 0) is 16.0 Å². The number of hydrogen-bond donors (Lipinski definition) is 2. The Morgan fingerprint density at radius 3 is 2.36 bits per heavy atom. The van der Waals surface area contributed by atoms with Gasteiger partial charge in [-0.3, -0.25) is 9.59 Å². The lowest BCUT2D eigenvalue weighted by molar-refractivity contribution is -0.131. The first-order valence-electron chi connectivity index (χ1n) is 15.7. The van der Waals surface area contributed by atoms with Crippen LogP contribution in [0.3, 0.4) is 0 Å². The lowest BCUT2D eigenvalue weighted by Gasteiger charge is -2.28. The summed E-state index contributed by atoms with van der Waals surface area (Å²) in [5, 5.41) is 6.27. The molecule has 2 heterocycles. The number of likely N-dealkylation sites (tertiary alicyclic amines) is 1. The monoisotopic (exact) mass is 639 g/mol. The fraction of sp³-hybridized carbons (Fsp3) is 0.333. The van der Waals surface area contributed by atoms with Crippen LogP contribution in [0.4, 0.5) is 15.8 Å². The van der Waals surface area contributed by atoms with Crippen molar-refractivity contribution in [3.8, 4) is 23.1 Å². The number of fused-ring (bicyclic) bond motifs is 1. The Hall–Kier alpha value is -5.03. The van der Waals surface area contributed by atoms with E-state index in [0.717, 1.165) is 31.5 Å². The highest BCUT2D eigenvalue weighted by molar-refractivity contribution is 6.17. The van der Waals surface area contributed by atoms with Gasteiger partial charge in [-0.25, -0.2) is 14.4 Å². The maximum Gasteiger partial charge on any atom is 0.240 e. The molecule has 2 aliphatic rings. The molecule has 2 fully saturated rings. The van der Waals surface area contributed by atoms with Crippen molar-refractivity contribution in [3.63, 3.8) is 0 Å². The molecule has 1 aliphatic carbocycles. The molecule has 3 aromatic carbocycles. The van der Waals surface area contributed by atoms with Gasteiger partial charge in [-0.15, -0.1) is 6.58 Å². The number of nitrogens with one attached hydrogen (secondary N) is 2. The normalized spacial score (nSPS) is 15.9. The van der Waals surface area contributed by atoms with Crippen LogP contribution in [0.1, 0.15) is 31.2 Å². The molecule has 1 aromatic heterocycles. The fourth-order valence-corrected chi connectivity index (χ4v) is 5.72. The van der Waals surface area contributed by atoms with Crippen molar-refractivity contribution in [2.45, 2.75) is 32.1 Å². The molecule has 2 N–H and O–H groups in total. The molecule has 1 saturated carbocycles. The summed E-state index contributed by atoms with van der Waals surface area (Å²) in [5.74, 6) is 1.30. The Kier molecular flexibility index (Phi) is 9.35. The van der Waals surface area contributed by atoms with Gasteiger partial charge in [-0.2, -0.15) is 0 Å². The third-order valence-electron chi connectivity index (χ3n) is 8.81. The second-order valence-electron chi connectivity index (χ2n) is 12.2. The molecule has 0 radical (unpaired) electrons. The standard InChI is InChI=1S/C36H38FN5O5/c1-4-5-24-18-27(41-35(44)36(14-15-36)34(43)40-26-8-6-25(37)7-9-26)10-11-30(24)47-33-28-19-31(45-3)32(20-29(28)38-22-39-33)46-21-23-12-16-42(2)17-13-23/h4,6-11,18-20,22-23H,1,5,12-17,21H2,2-3H3,(H,40,43)(H,41,44). The number of allylic oxidation sites excluding steroid dienone is 1. The zero-order chi connectivity index (χ0) is 33.0. The number of halogens is 1. The van der Waals surface area contributed by atoms with Gasteiger partial charge in [0.1, 0.15) is 23.3 Å². The molecule has 1 saturated heterocycles. The van der Waals surface area contributed by atoms with Crippen LogP contribution >= 0.6 is 0 Å². The minimum absolute atomic E-state index is 0.340. The van der Waals surface area contributed by atoms with Crippen molar-refractivity contribution >= 4 is 34.1 Å². The average molecular weight is 640 g/mol. The number of amides is 2. The van der Waals surface area contributed by atoms with Crippen molar-refractivity contribution < 1.29 is 28.2 Å². The largest absolute Gasteiger partial charge is 0.493 e. The quantitative estimate of drug-likeness (QED) is 0.136. The minimum atomic E-state index is -1.18. The molecule has 0 unspecified atom stereocenters. The third kappa shape index (κ3) is 7.20. The Balaban J connectivity index is 1.17. The molecule has 6 rings (SSSR count). The number of carbonyl (C=O) groups excluding carboxylic acids is 2. The smallest absolute Gasteiger partial charge is 0.240 e. The lowest BCUT2D eigenvalue weighted by Crippen LogP contribution is -2.35. The summed E-state index contributed by atoms with van der Waals surface area (Å²) in [6.07, 6.45) is 6.66. The maximum absolute atomic E-state index is 13.3. The van der Waals surface area contributed by atoms with E-state index < -0.39 is 23.0 Å². The Bertz CT molecular complexity index is 1790. The zero-order valence-corrected chi connectivity index (χ0v) is 26.6. The fourth-order valence-electron chi connectivity index (χ4n) is 5.72. The Morgan fingerprint density at radius 2 is 1.68 bits per heavy atom. The molecule has 4 aromatic rings. The van der Waals surface area contributed by atoms with E-state index in [2.05, 4.69) is 39.1 Å². The topological polar surface area (TPSA) is 115 Å². The van der Waals surface area contributed by atoms with Gasteiger partial charge in [0.25, 0.3) is 0 Å². The molecule has 244 valence electrons.